The Balaban J connectivity index is 2.30. The summed E-state index contributed by atoms with van der Waals surface area (Å²) in [6.45, 7) is 0.133. The van der Waals surface area contributed by atoms with E-state index in [9.17, 15) is 0 Å². The van der Waals surface area contributed by atoms with Gasteiger partial charge in [-0.05, 0) is 12.1 Å². The number of nitrogens with zero attached hydrogens (tertiary/aromatic N) is 1. The Hall–Kier alpha value is -0.930. The number of para-hydroxylation sites is 1. The normalized spacial score (nSPS) is 12.9. The molecule has 1 aromatic heterocycles. The molecule has 1 N–H and O–H groups in total. The molecule has 0 spiro atoms. The fraction of sp³-hybridized carbons (Fsp3) is 0.250. The largest absolute Gasteiger partial charge is 0.395 e. The van der Waals surface area contributed by atoms with Gasteiger partial charge < -0.3 is 5.11 Å². The third-order valence-corrected chi connectivity index (χ3v) is 2.90. The highest BCUT2D eigenvalue weighted by atomic mass is 79.9. The van der Waals surface area contributed by atoms with Gasteiger partial charge in [0.25, 0.3) is 0 Å². The van der Waals surface area contributed by atoms with Crippen LogP contribution in [-0.4, -0.2) is 21.5 Å². The van der Waals surface area contributed by atoms with E-state index in [2.05, 4.69) is 27.0 Å². The molecule has 0 aliphatic rings. The van der Waals surface area contributed by atoms with Crippen molar-refractivity contribution in [3.63, 3.8) is 0 Å². The average molecular weight is 266 g/mol. The maximum atomic E-state index is 8.93. The highest BCUT2D eigenvalue weighted by molar-refractivity contribution is 9.09. The van der Waals surface area contributed by atoms with Gasteiger partial charge in [0.05, 0.1) is 12.1 Å². The third-order valence-electron chi connectivity index (χ3n) is 2.28. The summed E-state index contributed by atoms with van der Waals surface area (Å²) in [6, 6.07) is 12.1. The summed E-state index contributed by atoms with van der Waals surface area (Å²) in [5, 5.41) is 10.1. The molecule has 1 atom stereocenters. The van der Waals surface area contributed by atoms with Crippen molar-refractivity contribution in [1.82, 2.24) is 4.98 Å². The first-order valence-corrected chi connectivity index (χ1v) is 5.81. The second-order valence-electron chi connectivity index (χ2n) is 3.48. The van der Waals surface area contributed by atoms with Gasteiger partial charge in [-0.3, -0.25) is 4.98 Å². The van der Waals surface area contributed by atoms with E-state index in [0.29, 0.717) is 0 Å². The van der Waals surface area contributed by atoms with Gasteiger partial charge in [-0.2, -0.15) is 0 Å². The van der Waals surface area contributed by atoms with E-state index < -0.39 is 0 Å². The second-order valence-corrected chi connectivity index (χ2v) is 4.77. The van der Waals surface area contributed by atoms with Gasteiger partial charge in [0.2, 0.25) is 0 Å². The van der Waals surface area contributed by atoms with Crippen LogP contribution in [0, 0.1) is 0 Å². The molecule has 0 saturated heterocycles. The number of hydrogen-bond donors (Lipinski definition) is 1. The van der Waals surface area contributed by atoms with Crippen LogP contribution >= 0.6 is 15.9 Å². The van der Waals surface area contributed by atoms with E-state index in [-0.39, 0.29) is 11.4 Å². The van der Waals surface area contributed by atoms with Crippen molar-refractivity contribution in [1.29, 1.82) is 0 Å². The van der Waals surface area contributed by atoms with Gasteiger partial charge in [-0.1, -0.05) is 40.2 Å². The summed E-state index contributed by atoms with van der Waals surface area (Å²) >= 11 is 3.39. The molecule has 0 saturated carbocycles. The van der Waals surface area contributed by atoms with Gasteiger partial charge in [-0.25, -0.2) is 0 Å². The predicted octanol–water partition coefficient (Wildman–Crippen LogP) is 2.53. The maximum Gasteiger partial charge on any atom is 0.0705 e. The van der Waals surface area contributed by atoms with Crippen LogP contribution in [0.2, 0.25) is 0 Å². The maximum absolute atomic E-state index is 8.93. The number of pyridine rings is 1. The lowest BCUT2D eigenvalue weighted by molar-refractivity contribution is 0.296. The molecule has 1 heterocycles. The fourth-order valence-electron chi connectivity index (χ4n) is 1.51. The quantitative estimate of drug-likeness (QED) is 0.866. The topological polar surface area (TPSA) is 33.1 Å². The average Bonchev–Trinajstić information content (AvgIpc) is 2.29. The molecule has 1 unspecified atom stereocenters. The van der Waals surface area contributed by atoms with Crippen LogP contribution in [0.1, 0.15) is 5.69 Å². The van der Waals surface area contributed by atoms with Crippen LogP contribution in [0.15, 0.2) is 36.4 Å². The van der Waals surface area contributed by atoms with Gasteiger partial charge >= 0.3 is 0 Å². The molecule has 0 amide bonds. The van der Waals surface area contributed by atoms with Gasteiger partial charge in [0.15, 0.2) is 0 Å². The Morgan fingerprint density at radius 3 is 2.80 bits per heavy atom. The molecule has 0 aliphatic heterocycles. The van der Waals surface area contributed by atoms with E-state index in [1.807, 2.05) is 30.3 Å². The van der Waals surface area contributed by atoms with E-state index in [0.717, 1.165) is 23.0 Å². The van der Waals surface area contributed by atoms with Crippen LogP contribution in [0.5, 0.6) is 0 Å². The fourth-order valence-corrected chi connectivity index (χ4v) is 1.85. The van der Waals surface area contributed by atoms with Crippen molar-refractivity contribution in [2.24, 2.45) is 0 Å². The number of fused-ring (bicyclic) bond motifs is 1. The lowest BCUT2D eigenvalue weighted by atomic mass is 10.1. The standard InChI is InChI=1S/C12H12BrNO/c13-10(8-15)7-11-6-5-9-3-1-2-4-12(9)14-11/h1-6,10,15H,7-8H2. The molecular weight excluding hydrogens is 254 g/mol. The zero-order valence-electron chi connectivity index (χ0n) is 8.23. The molecule has 0 fully saturated rings. The number of aliphatic hydroxyl groups excluding tert-OH is 1. The number of aromatic nitrogens is 1. The van der Waals surface area contributed by atoms with Crippen LogP contribution in [-0.2, 0) is 6.42 Å². The minimum absolute atomic E-state index is 0.0890. The highest BCUT2D eigenvalue weighted by Crippen LogP contribution is 2.14. The molecule has 1 aromatic carbocycles. The Bertz CT molecular complexity index is 458. The minimum Gasteiger partial charge on any atom is -0.395 e. The van der Waals surface area contributed by atoms with Crippen LogP contribution in [0.3, 0.4) is 0 Å². The highest BCUT2D eigenvalue weighted by Gasteiger charge is 2.05. The first kappa shape index (κ1) is 10.6. The van der Waals surface area contributed by atoms with E-state index in [1.165, 1.54) is 0 Å². The number of hydrogen-bond acceptors (Lipinski definition) is 2. The smallest absolute Gasteiger partial charge is 0.0705 e. The Labute approximate surface area is 97.1 Å². The predicted molar refractivity (Wildman–Crippen MR) is 65.2 cm³/mol. The lowest BCUT2D eigenvalue weighted by Gasteiger charge is -2.06. The molecule has 0 aliphatic carbocycles. The molecule has 3 heteroatoms. The van der Waals surface area contributed by atoms with Crippen molar-refractivity contribution in [2.45, 2.75) is 11.2 Å². The van der Waals surface area contributed by atoms with Gasteiger partial charge in [-0.15, -0.1) is 0 Å². The molecule has 15 heavy (non-hydrogen) atoms. The van der Waals surface area contributed by atoms with Crippen LogP contribution in [0.4, 0.5) is 0 Å². The minimum atomic E-state index is 0.0890. The number of benzene rings is 1. The van der Waals surface area contributed by atoms with E-state index in [1.54, 1.807) is 0 Å². The SMILES string of the molecule is OCC(Br)Cc1ccc2ccccc2n1. The zero-order valence-corrected chi connectivity index (χ0v) is 9.81. The molecule has 2 aromatic rings. The first-order chi connectivity index (χ1) is 7.29. The summed E-state index contributed by atoms with van der Waals surface area (Å²) in [5.41, 5.74) is 2.01. The van der Waals surface area contributed by atoms with Crippen molar-refractivity contribution in [2.75, 3.05) is 6.61 Å². The second kappa shape index (κ2) is 4.73. The molecule has 2 nitrogen and oxygen atoms in total. The molecule has 2 rings (SSSR count). The number of halogens is 1. The van der Waals surface area contributed by atoms with Crippen molar-refractivity contribution >= 4 is 26.8 Å². The van der Waals surface area contributed by atoms with Crippen LogP contribution in [0.25, 0.3) is 10.9 Å². The molecule has 78 valence electrons. The lowest BCUT2D eigenvalue weighted by Crippen LogP contribution is -2.08. The van der Waals surface area contributed by atoms with Gasteiger partial charge in [0.1, 0.15) is 0 Å². The Morgan fingerprint density at radius 2 is 2.00 bits per heavy atom. The monoisotopic (exact) mass is 265 g/mol. The molecule has 0 bridgehead atoms. The first-order valence-electron chi connectivity index (χ1n) is 4.89. The molecule has 0 radical (unpaired) electrons. The van der Waals surface area contributed by atoms with Crippen molar-refractivity contribution < 1.29 is 5.11 Å². The zero-order chi connectivity index (χ0) is 10.7. The van der Waals surface area contributed by atoms with Crippen molar-refractivity contribution in [3.05, 3.63) is 42.1 Å². The number of alkyl halides is 1. The van der Waals surface area contributed by atoms with Crippen molar-refractivity contribution in [3.8, 4) is 0 Å². The Morgan fingerprint density at radius 1 is 1.20 bits per heavy atom. The summed E-state index contributed by atoms with van der Waals surface area (Å²) in [5.74, 6) is 0. The summed E-state index contributed by atoms with van der Waals surface area (Å²) in [7, 11) is 0. The number of rotatable bonds is 3. The van der Waals surface area contributed by atoms with E-state index >= 15 is 0 Å². The number of aliphatic hydroxyl groups is 1. The molecular formula is C12H12BrNO. The van der Waals surface area contributed by atoms with Crippen LogP contribution < -0.4 is 0 Å². The van der Waals surface area contributed by atoms with E-state index in [4.69, 9.17) is 5.11 Å². The third kappa shape index (κ3) is 2.55. The summed E-state index contributed by atoms with van der Waals surface area (Å²) in [4.78, 5) is 4.61. The summed E-state index contributed by atoms with van der Waals surface area (Å²) < 4.78 is 0. The Kier molecular flexibility index (Phi) is 3.34. The summed E-state index contributed by atoms with van der Waals surface area (Å²) in [6.07, 6.45) is 0.751. The van der Waals surface area contributed by atoms with Gasteiger partial charge in [0, 0.05) is 22.3 Å².